The van der Waals surface area contributed by atoms with Gasteiger partial charge in [0.25, 0.3) is 0 Å². The number of benzene rings is 2. The van der Waals surface area contributed by atoms with E-state index in [1.807, 2.05) is 35.4 Å². The zero-order chi connectivity index (χ0) is 22.1. The molecule has 8 heteroatoms. The van der Waals surface area contributed by atoms with Gasteiger partial charge in [-0.2, -0.15) is 13.2 Å². The van der Waals surface area contributed by atoms with Gasteiger partial charge in [0, 0.05) is 36.7 Å². The van der Waals surface area contributed by atoms with Crippen LogP contribution in [0.2, 0.25) is 0 Å². The molecular weight excluding hydrogens is 409 g/mol. The number of aliphatic hydroxyl groups excluding tert-OH is 1. The number of ether oxygens (including phenoxy) is 1. The molecule has 1 fully saturated rings. The number of H-pyrrole nitrogens is 1. The zero-order valence-electron chi connectivity index (χ0n) is 16.9. The molecule has 0 amide bonds. The maximum atomic E-state index is 13.0. The largest absolute Gasteiger partial charge is 0.490 e. The van der Waals surface area contributed by atoms with Crippen LogP contribution < -0.4 is 4.74 Å². The standard InChI is InChI=1S/C23H25F3N2O3/c24-23(25,26)17-4-1-3-16(13-17)22(30)8-11-28(12-9-22)14-18(29)15-31-21-6-2-5-20-19(21)7-10-27-20/h1-7,10,13,18,27,29-30H,8-9,11-12,14-15H2/t18-/m0/s1. The third kappa shape index (κ3) is 4.87. The Balaban J connectivity index is 1.31. The van der Waals surface area contributed by atoms with Crippen LogP contribution in [0.3, 0.4) is 0 Å². The average molecular weight is 434 g/mol. The van der Waals surface area contributed by atoms with E-state index in [1.165, 1.54) is 12.1 Å². The molecule has 1 atom stereocenters. The number of nitrogens with zero attached hydrogens (tertiary/aromatic N) is 1. The van der Waals surface area contributed by atoms with Gasteiger partial charge < -0.3 is 24.8 Å². The molecule has 1 aliphatic rings. The molecule has 2 heterocycles. The third-order valence-corrected chi connectivity index (χ3v) is 5.87. The maximum absolute atomic E-state index is 13.0. The predicted molar refractivity (Wildman–Crippen MR) is 111 cm³/mol. The molecule has 1 saturated heterocycles. The van der Waals surface area contributed by atoms with Crippen LogP contribution in [0.4, 0.5) is 13.2 Å². The Hall–Kier alpha value is -2.55. The van der Waals surface area contributed by atoms with Crippen molar-refractivity contribution in [3.05, 3.63) is 65.9 Å². The molecule has 1 aromatic heterocycles. The lowest BCUT2D eigenvalue weighted by Gasteiger charge is -2.39. The smallest absolute Gasteiger partial charge is 0.416 e. The van der Waals surface area contributed by atoms with E-state index in [-0.39, 0.29) is 12.2 Å². The average Bonchev–Trinajstić information content (AvgIpc) is 3.23. The second-order valence-electron chi connectivity index (χ2n) is 8.07. The predicted octanol–water partition coefficient (Wildman–Crippen LogP) is 3.91. The van der Waals surface area contributed by atoms with Gasteiger partial charge in [0.15, 0.2) is 0 Å². The van der Waals surface area contributed by atoms with Crippen molar-refractivity contribution in [3.8, 4) is 5.75 Å². The molecule has 0 radical (unpaired) electrons. The minimum atomic E-state index is -4.44. The number of halogens is 3. The highest BCUT2D eigenvalue weighted by Crippen LogP contribution is 2.36. The normalized spacial score (nSPS) is 18.2. The van der Waals surface area contributed by atoms with Crippen LogP contribution in [0, 0.1) is 0 Å². The number of aromatic amines is 1. The van der Waals surface area contributed by atoms with E-state index >= 15 is 0 Å². The molecule has 0 unspecified atom stereocenters. The Morgan fingerprint density at radius 1 is 1.10 bits per heavy atom. The molecule has 4 rings (SSSR count). The van der Waals surface area contributed by atoms with Crippen molar-refractivity contribution in [2.75, 3.05) is 26.2 Å². The maximum Gasteiger partial charge on any atom is 0.416 e. The number of β-amino-alcohol motifs (C(OH)–C–C–N with tert-alkyl or cyclic N) is 1. The van der Waals surface area contributed by atoms with Crippen LogP contribution >= 0.6 is 0 Å². The summed E-state index contributed by atoms with van der Waals surface area (Å²) in [6.07, 6.45) is -2.75. The number of hydrogen-bond acceptors (Lipinski definition) is 4. The van der Waals surface area contributed by atoms with Gasteiger partial charge in [-0.3, -0.25) is 0 Å². The molecule has 3 N–H and O–H groups in total. The quantitative estimate of drug-likeness (QED) is 0.550. The summed E-state index contributed by atoms with van der Waals surface area (Å²) in [6.45, 7) is 1.43. The van der Waals surface area contributed by atoms with E-state index < -0.39 is 23.4 Å². The second-order valence-corrected chi connectivity index (χ2v) is 8.07. The number of aliphatic hydroxyl groups is 2. The van der Waals surface area contributed by atoms with Crippen LogP contribution in [0.5, 0.6) is 5.75 Å². The Morgan fingerprint density at radius 2 is 1.84 bits per heavy atom. The van der Waals surface area contributed by atoms with Gasteiger partial charge in [-0.25, -0.2) is 0 Å². The van der Waals surface area contributed by atoms with Crippen molar-refractivity contribution >= 4 is 10.9 Å². The van der Waals surface area contributed by atoms with Crippen molar-refractivity contribution < 1.29 is 28.1 Å². The summed E-state index contributed by atoms with van der Waals surface area (Å²) in [5.74, 6) is 0.690. The fourth-order valence-corrected chi connectivity index (χ4v) is 4.10. The Kier molecular flexibility index (Phi) is 5.96. The van der Waals surface area contributed by atoms with Gasteiger partial charge in [-0.05, 0) is 48.7 Å². The number of piperidine rings is 1. The first-order valence-corrected chi connectivity index (χ1v) is 10.2. The highest BCUT2D eigenvalue weighted by Gasteiger charge is 2.37. The molecule has 0 aliphatic carbocycles. The van der Waals surface area contributed by atoms with E-state index in [0.717, 1.165) is 23.0 Å². The zero-order valence-corrected chi connectivity index (χ0v) is 16.9. The molecule has 2 aromatic carbocycles. The Bertz CT molecular complexity index is 1030. The van der Waals surface area contributed by atoms with Gasteiger partial charge in [-0.1, -0.05) is 18.2 Å². The second kappa shape index (κ2) is 8.53. The van der Waals surface area contributed by atoms with E-state index in [4.69, 9.17) is 4.74 Å². The van der Waals surface area contributed by atoms with Crippen LogP contribution in [0.1, 0.15) is 24.0 Å². The van der Waals surface area contributed by atoms with E-state index in [0.29, 0.717) is 38.2 Å². The van der Waals surface area contributed by atoms with Gasteiger partial charge >= 0.3 is 6.18 Å². The number of nitrogens with one attached hydrogen (secondary N) is 1. The first kappa shape index (κ1) is 21.7. The van der Waals surface area contributed by atoms with Crippen molar-refractivity contribution in [2.45, 2.75) is 30.7 Å². The SMILES string of the molecule is O[C@H](COc1cccc2[nH]ccc12)CN1CCC(O)(c2cccc(C(F)(F)F)c2)CC1. The minimum Gasteiger partial charge on any atom is -0.490 e. The molecular formula is C23H25F3N2O3. The van der Waals surface area contributed by atoms with Gasteiger partial charge in [0.2, 0.25) is 0 Å². The van der Waals surface area contributed by atoms with Gasteiger partial charge in [0.1, 0.15) is 18.5 Å². The summed E-state index contributed by atoms with van der Waals surface area (Å²) in [7, 11) is 0. The van der Waals surface area contributed by atoms with Crippen LogP contribution in [-0.2, 0) is 11.8 Å². The van der Waals surface area contributed by atoms with Crippen molar-refractivity contribution in [2.24, 2.45) is 0 Å². The fourth-order valence-electron chi connectivity index (χ4n) is 4.10. The fraction of sp³-hybridized carbons (Fsp3) is 0.391. The van der Waals surface area contributed by atoms with Crippen molar-refractivity contribution in [1.82, 2.24) is 9.88 Å². The number of alkyl halides is 3. The molecule has 1 aliphatic heterocycles. The lowest BCUT2D eigenvalue weighted by atomic mass is 9.83. The lowest BCUT2D eigenvalue weighted by molar-refractivity contribution is -0.137. The summed E-state index contributed by atoms with van der Waals surface area (Å²) in [5, 5.41) is 22.3. The topological polar surface area (TPSA) is 68.7 Å². The summed E-state index contributed by atoms with van der Waals surface area (Å²) in [4.78, 5) is 5.10. The third-order valence-electron chi connectivity index (χ3n) is 5.87. The summed E-state index contributed by atoms with van der Waals surface area (Å²) >= 11 is 0. The Morgan fingerprint density at radius 3 is 2.58 bits per heavy atom. The molecule has 0 saturated carbocycles. The van der Waals surface area contributed by atoms with Crippen molar-refractivity contribution in [3.63, 3.8) is 0 Å². The monoisotopic (exact) mass is 434 g/mol. The molecule has 166 valence electrons. The number of fused-ring (bicyclic) bond motifs is 1. The summed E-state index contributed by atoms with van der Waals surface area (Å²) < 4.78 is 44.8. The number of aromatic nitrogens is 1. The van der Waals surface area contributed by atoms with Gasteiger partial charge in [0.05, 0.1) is 11.2 Å². The lowest BCUT2D eigenvalue weighted by Crippen LogP contribution is -2.46. The molecule has 0 spiro atoms. The minimum absolute atomic E-state index is 0.124. The number of rotatable bonds is 6. The van der Waals surface area contributed by atoms with Gasteiger partial charge in [-0.15, -0.1) is 0 Å². The highest BCUT2D eigenvalue weighted by molar-refractivity contribution is 5.85. The molecule has 3 aromatic rings. The molecule has 31 heavy (non-hydrogen) atoms. The van der Waals surface area contributed by atoms with E-state index in [9.17, 15) is 23.4 Å². The summed E-state index contributed by atoms with van der Waals surface area (Å²) in [6, 6.07) is 12.5. The molecule has 0 bridgehead atoms. The Labute approximate surface area is 178 Å². The van der Waals surface area contributed by atoms with E-state index in [1.54, 1.807) is 0 Å². The summed E-state index contributed by atoms with van der Waals surface area (Å²) in [5.41, 5.74) is -0.823. The van der Waals surface area contributed by atoms with Crippen LogP contribution in [0.25, 0.3) is 10.9 Å². The number of hydrogen-bond donors (Lipinski definition) is 3. The van der Waals surface area contributed by atoms with E-state index in [2.05, 4.69) is 4.98 Å². The number of likely N-dealkylation sites (tertiary alicyclic amines) is 1. The van der Waals surface area contributed by atoms with Crippen LogP contribution in [-0.4, -0.2) is 52.4 Å². The van der Waals surface area contributed by atoms with Crippen molar-refractivity contribution in [1.29, 1.82) is 0 Å². The highest BCUT2D eigenvalue weighted by atomic mass is 19.4. The first-order chi connectivity index (χ1) is 14.7. The van der Waals surface area contributed by atoms with Crippen LogP contribution in [0.15, 0.2) is 54.7 Å². The molecule has 5 nitrogen and oxygen atoms in total. The first-order valence-electron chi connectivity index (χ1n) is 10.2.